The Balaban J connectivity index is 2.17. The molecule has 0 aliphatic carbocycles. The molecular weight excluding hydrogens is 274 g/mol. The molecule has 2 N–H and O–H groups in total. The first kappa shape index (κ1) is 15.3. The van der Waals surface area contributed by atoms with Crippen LogP contribution in [0, 0.1) is 0 Å². The van der Waals surface area contributed by atoms with Crippen molar-refractivity contribution in [1.82, 2.24) is 9.13 Å². The van der Waals surface area contributed by atoms with E-state index in [2.05, 4.69) is 4.74 Å². The first-order valence-electron chi connectivity index (χ1n) is 6.51. The Hall–Kier alpha value is -2.12. The lowest BCUT2D eigenvalue weighted by atomic mass is 10.1. The maximum Gasteiger partial charge on any atom is 0.331 e. The second-order valence-corrected chi connectivity index (χ2v) is 4.85. The van der Waals surface area contributed by atoms with Crippen LogP contribution in [0.3, 0.4) is 0 Å². The highest BCUT2D eigenvalue weighted by Gasteiger charge is 2.12. The van der Waals surface area contributed by atoms with Gasteiger partial charge >= 0.3 is 11.7 Å². The van der Waals surface area contributed by atoms with Gasteiger partial charge in [0.05, 0.1) is 30.8 Å². The minimum absolute atomic E-state index is 0.0855. The quantitative estimate of drug-likeness (QED) is 0.788. The normalized spacial score (nSPS) is 12.6. The van der Waals surface area contributed by atoms with Crippen LogP contribution in [0.4, 0.5) is 0 Å². The summed E-state index contributed by atoms with van der Waals surface area (Å²) in [6, 6.07) is 5.19. The van der Waals surface area contributed by atoms with E-state index in [1.807, 2.05) is 18.2 Å². The number of carbonyl (C=O) groups is 1. The topological polar surface area (TPSA) is 88.5 Å². The zero-order valence-corrected chi connectivity index (χ0v) is 12.3. The van der Waals surface area contributed by atoms with Gasteiger partial charge in [0.15, 0.2) is 0 Å². The van der Waals surface area contributed by atoms with Crippen LogP contribution in [0.5, 0.6) is 0 Å². The fourth-order valence-corrected chi connectivity index (χ4v) is 2.18. The maximum atomic E-state index is 11.9. The molecule has 0 saturated heterocycles. The number of aromatic nitrogens is 2. The van der Waals surface area contributed by atoms with Crippen molar-refractivity contribution >= 4 is 17.0 Å². The zero-order chi connectivity index (χ0) is 15.6. The fourth-order valence-electron chi connectivity index (χ4n) is 2.18. The zero-order valence-electron chi connectivity index (χ0n) is 12.3. The summed E-state index contributed by atoms with van der Waals surface area (Å²) in [7, 11) is 4.74. The summed E-state index contributed by atoms with van der Waals surface area (Å²) in [6.45, 7) is 0.0671. The molecule has 1 heterocycles. The van der Waals surface area contributed by atoms with E-state index in [9.17, 15) is 9.59 Å². The van der Waals surface area contributed by atoms with E-state index in [0.717, 1.165) is 16.6 Å². The van der Waals surface area contributed by atoms with Gasteiger partial charge in [0.25, 0.3) is 0 Å². The summed E-state index contributed by atoms with van der Waals surface area (Å²) >= 11 is 0. The van der Waals surface area contributed by atoms with Crippen LogP contribution in [-0.4, -0.2) is 35.4 Å². The minimum atomic E-state index is -0.442. The molecule has 0 amide bonds. The molecule has 1 aromatic carbocycles. The molecule has 1 atom stereocenters. The molecule has 21 heavy (non-hydrogen) atoms. The number of nitrogens with two attached hydrogens (primary N) is 1. The SMILES string of the molecule is COC(=O)COCC(N)c1ccc2c(c1)n(C)c(=O)n2C. The summed E-state index contributed by atoms with van der Waals surface area (Å²) in [5, 5.41) is 0. The summed E-state index contributed by atoms with van der Waals surface area (Å²) in [4.78, 5) is 22.8. The van der Waals surface area contributed by atoms with E-state index in [1.165, 1.54) is 7.11 Å². The third kappa shape index (κ3) is 2.98. The smallest absolute Gasteiger partial charge is 0.331 e. The molecule has 0 bridgehead atoms. The first-order valence-corrected chi connectivity index (χ1v) is 6.51. The van der Waals surface area contributed by atoms with Crippen molar-refractivity contribution in [2.24, 2.45) is 19.8 Å². The number of ether oxygens (including phenoxy) is 2. The summed E-state index contributed by atoms with van der Waals surface area (Å²) < 4.78 is 12.8. The number of methoxy groups -OCH3 is 1. The summed E-state index contributed by atoms with van der Waals surface area (Å²) in [5.41, 5.74) is 8.44. The van der Waals surface area contributed by atoms with Crippen molar-refractivity contribution in [3.05, 3.63) is 34.2 Å². The van der Waals surface area contributed by atoms with Crippen LogP contribution in [0.2, 0.25) is 0 Å². The number of fused-ring (bicyclic) bond motifs is 1. The lowest BCUT2D eigenvalue weighted by Crippen LogP contribution is -2.20. The van der Waals surface area contributed by atoms with Crippen LogP contribution < -0.4 is 11.4 Å². The third-order valence-electron chi connectivity index (χ3n) is 3.47. The number of benzene rings is 1. The highest BCUT2D eigenvalue weighted by atomic mass is 16.6. The largest absolute Gasteiger partial charge is 0.467 e. The predicted molar refractivity (Wildman–Crippen MR) is 77.9 cm³/mol. The van der Waals surface area contributed by atoms with Gasteiger partial charge in [-0.05, 0) is 17.7 Å². The third-order valence-corrected chi connectivity index (χ3v) is 3.47. The number of hydrogen-bond acceptors (Lipinski definition) is 5. The van der Waals surface area contributed by atoms with Crippen molar-refractivity contribution in [3.8, 4) is 0 Å². The molecule has 1 unspecified atom stereocenters. The van der Waals surface area contributed by atoms with Gasteiger partial charge in [-0.1, -0.05) is 6.07 Å². The van der Waals surface area contributed by atoms with E-state index >= 15 is 0 Å². The molecule has 2 aromatic rings. The minimum Gasteiger partial charge on any atom is -0.467 e. The van der Waals surface area contributed by atoms with Gasteiger partial charge in [-0.15, -0.1) is 0 Å². The van der Waals surface area contributed by atoms with Gasteiger partial charge in [-0.2, -0.15) is 0 Å². The number of hydrogen-bond donors (Lipinski definition) is 1. The van der Waals surface area contributed by atoms with Gasteiger partial charge < -0.3 is 15.2 Å². The number of imidazole rings is 1. The van der Waals surface area contributed by atoms with Crippen molar-refractivity contribution < 1.29 is 14.3 Å². The molecule has 2 rings (SSSR count). The van der Waals surface area contributed by atoms with Gasteiger partial charge in [-0.25, -0.2) is 9.59 Å². The van der Waals surface area contributed by atoms with Gasteiger partial charge in [-0.3, -0.25) is 9.13 Å². The molecule has 0 aliphatic heterocycles. The standard InChI is InChI=1S/C14H19N3O4/c1-16-11-5-4-9(6-12(11)17(2)14(16)19)10(15)7-21-8-13(18)20-3/h4-6,10H,7-8,15H2,1-3H3. The Kier molecular flexibility index (Phi) is 4.44. The Labute approximate surface area is 121 Å². The number of nitrogens with zero attached hydrogens (tertiary/aromatic N) is 2. The van der Waals surface area contributed by atoms with Crippen LogP contribution in [0.1, 0.15) is 11.6 Å². The van der Waals surface area contributed by atoms with Gasteiger partial charge in [0.1, 0.15) is 6.61 Å². The number of aryl methyl sites for hydroxylation is 2. The lowest BCUT2D eigenvalue weighted by molar-refractivity contribution is -0.146. The molecular formula is C14H19N3O4. The molecule has 0 fully saturated rings. The van der Waals surface area contributed by atoms with E-state index < -0.39 is 5.97 Å². The fraction of sp³-hybridized carbons (Fsp3) is 0.429. The monoisotopic (exact) mass is 293 g/mol. The summed E-state index contributed by atoms with van der Waals surface area (Å²) in [6.07, 6.45) is 0. The Morgan fingerprint density at radius 2 is 1.95 bits per heavy atom. The second-order valence-electron chi connectivity index (χ2n) is 4.85. The first-order chi connectivity index (χ1) is 9.95. The van der Waals surface area contributed by atoms with E-state index in [4.69, 9.17) is 10.5 Å². The highest BCUT2D eigenvalue weighted by molar-refractivity contribution is 5.77. The molecule has 7 heteroatoms. The Bertz CT molecular complexity index is 717. The molecule has 0 saturated carbocycles. The van der Waals surface area contributed by atoms with Gasteiger partial charge in [0, 0.05) is 14.1 Å². The number of esters is 1. The Morgan fingerprint density at radius 1 is 1.29 bits per heavy atom. The lowest BCUT2D eigenvalue weighted by Gasteiger charge is -2.12. The van der Waals surface area contributed by atoms with E-state index in [-0.39, 0.29) is 24.9 Å². The molecule has 0 aliphatic rings. The maximum absolute atomic E-state index is 11.9. The molecule has 0 radical (unpaired) electrons. The van der Waals surface area contributed by atoms with Crippen molar-refractivity contribution in [1.29, 1.82) is 0 Å². The number of rotatable bonds is 5. The van der Waals surface area contributed by atoms with Crippen LogP contribution in [-0.2, 0) is 28.4 Å². The predicted octanol–water partition coefficient (Wildman–Crippen LogP) is 0.0664. The molecule has 114 valence electrons. The van der Waals surface area contributed by atoms with Crippen molar-refractivity contribution in [2.75, 3.05) is 20.3 Å². The Morgan fingerprint density at radius 3 is 2.62 bits per heavy atom. The second kappa shape index (κ2) is 6.11. The number of carbonyl (C=O) groups excluding carboxylic acids is 1. The van der Waals surface area contributed by atoms with Crippen LogP contribution in [0.25, 0.3) is 11.0 Å². The average Bonchev–Trinajstić information content (AvgIpc) is 2.71. The molecule has 1 aromatic heterocycles. The average molecular weight is 293 g/mol. The molecule has 7 nitrogen and oxygen atoms in total. The van der Waals surface area contributed by atoms with Crippen molar-refractivity contribution in [2.45, 2.75) is 6.04 Å². The molecule has 0 spiro atoms. The van der Waals surface area contributed by atoms with E-state index in [0.29, 0.717) is 0 Å². The van der Waals surface area contributed by atoms with E-state index in [1.54, 1.807) is 23.2 Å². The van der Waals surface area contributed by atoms with Crippen LogP contribution >= 0.6 is 0 Å². The van der Waals surface area contributed by atoms with Gasteiger partial charge in [0.2, 0.25) is 0 Å². The van der Waals surface area contributed by atoms with Crippen molar-refractivity contribution in [3.63, 3.8) is 0 Å². The van der Waals surface area contributed by atoms with Crippen LogP contribution in [0.15, 0.2) is 23.0 Å². The summed E-state index contributed by atoms with van der Waals surface area (Å²) in [5.74, 6) is -0.442. The highest BCUT2D eigenvalue weighted by Crippen LogP contribution is 2.18.